The second kappa shape index (κ2) is 7.03. The van der Waals surface area contributed by atoms with Crippen molar-refractivity contribution in [1.82, 2.24) is 20.3 Å². The number of pyridine rings is 1. The smallest absolute Gasteiger partial charge is 0.356 e. The minimum atomic E-state index is -1.17. The van der Waals surface area contributed by atoms with E-state index >= 15 is 0 Å². The second-order valence-corrected chi connectivity index (χ2v) is 5.51. The number of amides is 1. The van der Waals surface area contributed by atoms with Crippen molar-refractivity contribution in [3.63, 3.8) is 0 Å². The van der Waals surface area contributed by atoms with Crippen LogP contribution < -0.4 is 10.2 Å². The number of nitrogens with zero attached hydrogens (tertiary/aromatic N) is 4. The molecule has 24 heavy (non-hydrogen) atoms. The van der Waals surface area contributed by atoms with E-state index in [1.165, 1.54) is 6.20 Å². The number of carbonyl (C=O) groups excluding carboxylic acids is 1. The summed E-state index contributed by atoms with van der Waals surface area (Å²) in [7, 11) is 0. The van der Waals surface area contributed by atoms with Crippen LogP contribution in [-0.4, -0.2) is 51.1 Å². The average Bonchev–Trinajstić information content (AvgIpc) is 2.63. The topological polar surface area (TPSA) is 108 Å². The number of nitrogens with one attached hydrogen (secondary N) is 1. The third kappa shape index (κ3) is 3.65. The summed E-state index contributed by atoms with van der Waals surface area (Å²) < 4.78 is 0. The van der Waals surface area contributed by atoms with Crippen LogP contribution in [0, 0.1) is 0 Å². The zero-order chi connectivity index (χ0) is 16.9. The summed E-state index contributed by atoms with van der Waals surface area (Å²) in [6.45, 7) is 1.62. The molecule has 1 saturated heterocycles. The molecule has 0 bridgehead atoms. The Kier molecular flexibility index (Phi) is 4.64. The van der Waals surface area contributed by atoms with Crippen molar-refractivity contribution in [2.24, 2.45) is 0 Å². The fourth-order valence-electron chi connectivity index (χ4n) is 2.61. The van der Waals surface area contributed by atoms with Crippen LogP contribution >= 0.6 is 0 Å². The highest BCUT2D eigenvalue weighted by Gasteiger charge is 2.22. The molecule has 0 aliphatic carbocycles. The van der Waals surface area contributed by atoms with Crippen molar-refractivity contribution in [2.45, 2.75) is 18.9 Å². The molecule has 124 valence electrons. The van der Waals surface area contributed by atoms with E-state index in [0.29, 0.717) is 0 Å². The Bertz CT molecular complexity index is 712. The number of hydrogen-bond donors (Lipinski definition) is 2. The minimum absolute atomic E-state index is 0.0541. The summed E-state index contributed by atoms with van der Waals surface area (Å²) in [6.07, 6.45) is 5.65. The molecule has 1 aliphatic rings. The number of carboxylic acids is 1. The van der Waals surface area contributed by atoms with Crippen LogP contribution in [0.3, 0.4) is 0 Å². The summed E-state index contributed by atoms with van der Waals surface area (Å²) in [5.74, 6) is -0.565. The van der Waals surface area contributed by atoms with Gasteiger partial charge in [-0.25, -0.2) is 19.7 Å². The van der Waals surface area contributed by atoms with Gasteiger partial charge in [-0.2, -0.15) is 0 Å². The van der Waals surface area contributed by atoms with E-state index in [-0.39, 0.29) is 23.3 Å². The highest BCUT2D eigenvalue weighted by Crippen LogP contribution is 2.17. The molecule has 0 saturated carbocycles. The van der Waals surface area contributed by atoms with Crippen molar-refractivity contribution >= 4 is 17.7 Å². The number of hydrogen-bond acceptors (Lipinski definition) is 6. The van der Waals surface area contributed by atoms with Crippen molar-refractivity contribution in [1.29, 1.82) is 0 Å². The maximum absolute atomic E-state index is 12.2. The molecule has 2 aromatic heterocycles. The molecule has 0 unspecified atom stereocenters. The van der Waals surface area contributed by atoms with Gasteiger partial charge in [0.2, 0.25) is 0 Å². The summed E-state index contributed by atoms with van der Waals surface area (Å²) >= 11 is 0. The van der Waals surface area contributed by atoms with Crippen LogP contribution in [0.4, 0.5) is 5.82 Å². The van der Waals surface area contributed by atoms with Gasteiger partial charge in [-0.3, -0.25) is 4.79 Å². The SMILES string of the molecule is O=C(O)c1cnc(C(=O)NC2CCN(c3ccccn3)CC2)cn1. The number of aromatic carboxylic acids is 1. The number of carboxylic acid groups (broad SMARTS) is 1. The Hall–Kier alpha value is -3.03. The summed E-state index contributed by atoms with van der Waals surface area (Å²) in [5, 5.41) is 11.7. The van der Waals surface area contributed by atoms with Gasteiger partial charge in [0.25, 0.3) is 5.91 Å². The van der Waals surface area contributed by atoms with Crippen molar-refractivity contribution in [2.75, 3.05) is 18.0 Å². The van der Waals surface area contributed by atoms with Gasteiger partial charge in [0.15, 0.2) is 5.69 Å². The first-order chi connectivity index (χ1) is 11.6. The molecular weight excluding hydrogens is 310 g/mol. The van der Waals surface area contributed by atoms with E-state index in [0.717, 1.165) is 37.9 Å². The number of carbonyl (C=O) groups is 2. The zero-order valence-corrected chi connectivity index (χ0v) is 12.9. The lowest BCUT2D eigenvalue weighted by Crippen LogP contribution is -2.45. The summed E-state index contributed by atoms with van der Waals surface area (Å²) in [4.78, 5) is 37.0. The zero-order valence-electron chi connectivity index (χ0n) is 12.9. The van der Waals surface area contributed by atoms with Gasteiger partial charge in [0, 0.05) is 25.3 Å². The quantitative estimate of drug-likeness (QED) is 0.861. The molecular formula is C16H17N5O3. The van der Waals surface area contributed by atoms with Gasteiger partial charge in [-0.05, 0) is 25.0 Å². The summed E-state index contributed by atoms with van der Waals surface area (Å²) in [6, 6.07) is 5.86. The Morgan fingerprint density at radius 2 is 1.79 bits per heavy atom. The first-order valence-electron chi connectivity index (χ1n) is 7.65. The molecule has 0 radical (unpaired) electrons. The second-order valence-electron chi connectivity index (χ2n) is 5.51. The molecule has 8 nitrogen and oxygen atoms in total. The van der Waals surface area contributed by atoms with Gasteiger partial charge in [-0.15, -0.1) is 0 Å². The summed E-state index contributed by atoms with van der Waals surface area (Å²) in [5.41, 5.74) is -0.0672. The monoisotopic (exact) mass is 327 g/mol. The number of aromatic nitrogens is 3. The number of piperidine rings is 1. The molecule has 0 aromatic carbocycles. The molecule has 0 atom stereocenters. The van der Waals surface area contributed by atoms with Crippen molar-refractivity contribution in [3.8, 4) is 0 Å². The van der Waals surface area contributed by atoms with E-state index in [1.807, 2.05) is 18.2 Å². The average molecular weight is 327 g/mol. The fourth-order valence-corrected chi connectivity index (χ4v) is 2.61. The Labute approximate surface area is 138 Å². The van der Waals surface area contributed by atoms with Crippen LogP contribution in [-0.2, 0) is 0 Å². The molecule has 3 heterocycles. The third-order valence-electron chi connectivity index (χ3n) is 3.91. The molecule has 2 aromatic rings. The van der Waals surface area contributed by atoms with E-state index in [4.69, 9.17) is 5.11 Å². The molecule has 1 fully saturated rings. The van der Waals surface area contributed by atoms with Gasteiger partial charge < -0.3 is 15.3 Å². The lowest BCUT2D eigenvalue weighted by Gasteiger charge is -2.33. The molecule has 1 aliphatic heterocycles. The largest absolute Gasteiger partial charge is 0.476 e. The van der Waals surface area contributed by atoms with Gasteiger partial charge in [-0.1, -0.05) is 6.07 Å². The molecule has 1 amide bonds. The highest BCUT2D eigenvalue weighted by atomic mass is 16.4. The van der Waals surface area contributed by atoms with E-state index < -0.39 is 5.97 Å². The molecule has 8 heteroatoms. The van der Waals surface area contributed by atoms with Crippen LogP contribution in [0.25, 0.3) is 0 Å². The van der Waals surface area contributed by atoms with Crippen LogP contribution in [0.15, 0.2) is 36.8 Å². The molecule has 2 N–H and O–H groups in total. The van der Waals surface area contributed by atoms with Crippen LogP contribution in [0.1, 0.15) is 33.8 Å². The fraction of sp³-hybridized carbons (Fsp3) is 0.312. The lowest BCUT2D eigenvalue weighted by molar-refractivity contribution is 0.0688. The van der Waals surface area contributed by atoms with E-state index in [1.54, 1.807) is 6.20 Å². The Balaban J connectivity index is 1.54. The maximum Gasteiger partial charge on any atom is 0.356 e. The predicted molar refractivity (Wildman–Crippen MR) is 85.9 cm³/mol. The minimum Gasteiger partial charge on any atom is -0.476 e. The first-order valence-corrected chi connectivity index (χ1v) is 7.65. The van der Waals surface area contributed by atoms with Gasteiger partial charge in [0.1, 0.15) is 11.5 Å². The standard InChI is InChI=1S/C16H17N5O3/c22-15(12-9-19-13(10-18-12)16(23)24)20-11-4-7-21(8-5-11)14-3-1-2-6-17-14/h1-3,6,9-11H,4-5,7-8H2,(H,20,22)(H,23,24). The van der Waals surface area contributed by atoms with Gasteiger partial charge >= 0.3 is 5.97 Å². The Morgan fingerprint density at radius 1 is 1.08 bits per heavy atom. The van der Waals surface area contributed by atoms with Crippen molar-refractivity contribution < 1.29 is 14.7 Å². The van der Waals surface area contributed by atoms with E-state index in [9.17, 15) is 9.59 Å². The Morgan fingerprint density at radius 3 is 2.38 bits per heavy atom. The normalized spacial score (nSPS) is 15.1. The highest BCUT2D eigenvalue weighted by molar-refractivity contribution is 5.92. The van der Waals surface area contributed by atoms with Gasteiger partial charge in [0.05, 0.1) is 12.4 Å². The number of rotatable bonds is 4. The molecule has 3 rings (SSSR count). The maximum atomic E-state index is 12.2. The first kappa shape index (κ1) is 15.9. The lowest BCUT2D eigenvalue weighted by atomic mass is 10.0. The molecule has 0 spiro atoms. The number of anilines is 1. The third-order valence-corrected chi connectivity index (χ3v) is 3.91. The van der Waals surface area contributed by atoms with Crippen LogP contribution in [0.2, 0.25) is 0 Å². The van der Waals surface area contributed by atoms with Crippen molar-refractivity contribution in [3.05, 3.63) is 48.2 Å². The predicted octanol–water partition coefficient (Wildman–Crippen LogP) is 0.969. The van der Waals surface area contributed by atoms with E-state index in [2.05, 4.69) is 25.2 Å². The van der Waals surface area contributed by atoms with Crippen LogP contribution in [0.5, 0.6) is 0 Å².